The highest BCUT2D eigenvalue weighted by atomic mass is 16.5. The number of aromatic nitrogens is 1. The Morgan fingerprint density at radius 2 is 1.85 bits per heavy atom. The molecule has 5 rings (SSSR count). The Morgan fingerprint density at radius 1 is 1.06 bits per heavy atom. The molecule has 5 heteroatoms. The van der Waals surface area contributed by atoms with E-state index in [0.29, 0.717) is 18.3 Å². The second-order valence-electron chi connectivity index (χ2n) is 9.63. The number of hydrogen-bond donors (Lipinski definition) is 1. The summed E-state index contributed by atoms with van der Waals surface area (Å²) in [6, 6.07) is 11.6. The zero-order valence-electron chi connectivity index (χ0n) is 19.6. The van der Waals surface area contributed by atoms with Gasteiger partial charge in [0.25, 0.3) is 0 Å². The summed E-state index contributed by atoms with van der Waals surface area (Å²) in [7, 11) is 0. The first-order valence-corrected chi connectivity index (χ1v) is 12.0. The molecule has 2 aliphatic carbocycles. The lowest BCUT2D eigenvalue weighted by Gasteiger charge is -2.16. The van der Waals surface area contributed by atoms with E-state index >= 15 is 0 Å². The van der Waals surface area contributed by atoms with Gasteiger partial charge in [0.05, 0.1) is 5.56 Å². The van der Waals surface area contributed by atoms with E-state index in [1.807, 2.05) is 38.1 Å². The van der Waals surface area contributed by atoms with Gasteiger partial charge in [0.1, 0.15) is 12.4 Å². The van der Waals surface area contributed by atoms with E-state index in [1.54, 1.807) is 12.3 Å². The molecule has 3 aromatic rings. The molecule has 1 heterocycles. The monoisotopic (exact) mass is 455 g/mol. The van der Waals surface area contributed by atoms with Crippen molar-refractivity contribution in [2.75, 3.05) is 0 Å². The maximum Gasteiger partial charge on any atom is 0.337 e. The zero-order chi connectivity index (χ0) is 23.8. The molecule has 2 aromatic carbocycles. The number of pyridine rings is 1. The van der Waals surface area contributed by atoms with Gasteiger partial charge < -0.3 is 9.84 Å². The number of benzene rings is 2. The molecule has 1 aromatic heterocycles. The minimum atomic E-state index is -0.995. The average molecular weight is 456 g/mol. The molecule has 174 valence electrons. The molecule has 0 radical (unpaired) electrons. The van der Waals surface area contributed by atoms with E-state index in [0.717, 1.165) is 51.1 Å². The van der Waals surface area contributed by atoms with Crippen LogP contribution in [0.15, 0.2) is 48.8 Å². The Hall–Kier alpha value is -3.47. The first-order chi connectivity index (χ1) is 16.4. The molecule has 1 atom stereocenters. The number of carbonyl (C=O) groups excluding carboxylic acids is 1. The third-order valence-electron chi connectivity index (χ3n) is 7.57. The van der Waals surface area contributed by atoms with Crippen molar-refractivity contribution >= 4 is 11.8 Å². The van der Waals surface area contributed by atoms with Crippen molar-refractivity contribution in [3.05, 3.63) is 82.2 Å². The molecule has 1 unspecified atom stereocenters. The van der Waals surface area contributed by atoms with Crippen LogP contribution in [0, 0.1) is 25.7 Å². The fourth-order valence-corrected chi connectivity index (χ4v) is 5.58. The number of nitrogens with zero attached hydrogens (tertiary/aromatic N) is 1. The number of ether oxygens (including phenoxy) is 1. The predicted molar refractivity (Wildman–Crippen MR) is 130 cm³/mol. The van der Waals surface area contributed by atoms with Crippen molar-refractivity contribution < 1.29 is 19.4 Å². The number of carboxylic acids is 1. The fourth-order valence-electron chi connectivity index (χ4n) is 5.58. The Labute approximate surface area is 199 Å². The summed E-state index contributed by atoms with van der Waals surface area (Å²) in [6.45, 7) is 4.46. The number of carbonyl (C=O) groups is 2. The highest BCUT2D eigenvalue weighted by Gasteiger charge is 2.39. The van der Waals surface area contributed by atoms with Gasteiger partial charge in [0.2, 0.25) is 0 Å². The van der Waals surface area contributed by atoms with Crippen LogP contribution in [0.3, 0.4) is 0 Å². The molecule has 1 fully saturated rings. The quantitative estimate of drug-likeness (QED) is 0.480. The summed E-state index contributed by atoms with van der Waals surface area (Å²) >= 11 is 0. The van der Waals surface area contributed by atoms with E-state index in [1.165, 1.54) is 31.9 Å². The third-order valence-corrected chi connectivity index (χ3v) is 7.57. The van der Waals surface area contributed by atoms with Crippen LogP contribution in [-0.2, 0) is 13.0 Å². The van der Waals surface area contributed by atoms with Gasteiger partial charge in [-0.2, -0.15) is 0 Å². The Bertz CT molecular complexity index is 1270. The molecule has 2 aliphatic rings. The first kappa shape index (κ1) is 22.3. The molecule has 34 heavy (non-hydrogen) atoms. The number of aromatic carboxylic acids is 1. The zero-order valence-corrected chi connectivity index (χ0v) is 19.6. The number of carboxylic acid groups (broad SMARTS) is 1. The number of fused-ring (bicyclic) bond motifs is 1. The molecule has 0 bridgehead atoms. The van der Waals surface area contributed by atoms with Crippen LogP contribution in [-0.4, -0.2) is 21.8 Å². The lowest BCUT2D eigenvalue weighted by Crippen LogP contribution is -2.18. The van der Waals surface area contributed by atoms with Gasteiger partial charge in [-0.1, -0.05) is 31.0 Å². The standard InChI is InChI=1S/C29H29NO4/c1-17-18(2)27-22(12-25(28(27)31)20-7-3-4-8-20)13-26(17)34-16-19-6-5-9-21(10-19)23-11-24(29(32)33)15-30-14-23/h5-6,9-11,13-15,20,25H,3-4,7-8,12,16H2,1-2H3,(H,32,33). The summed E-state index contributed by atoms with van der Waals surface area (Å²) in [5.74, 6) is 0.832. The highest BCUT2D eigenvalue weighted by molar-refractivity contribution is 6.04. The van der Waals surface area contributed by atoms with Gasteiger partial charge in [-0.05, 0) is 85.0 Å². The average Bonchev–Trinajstić information content (AvgIpc) is 3.49. The summed E-state index contributed by atoms with van der Waals surface area (Å²) in [4.78, 5) is 28.5. The van der Waals surface area contributed by atoms with Gasteiger partial charge in [-0.3, -0.25) is 9.78 Å². The lowest BCUT2D eigenvalue weighted by molar-refractivity contribution is 0.0696. The third kappa shape index (κ3) is 4.11. The number of rotatable bonds is 6. The Kier molecular flexibility index (Phi) is 5.94. The SMILES string of the molecule is Cc1c(OCc2cccc(-c3cncc(C(=O)O)c3)c2)cc2c(c1C)C(=O)C(C1CCCC1)C2. The normalized spacial score (nSPS) is 17.7. The minimum Gasteiger partial charge on any atom is -0.489 e. The van der Waals surface area contributed by atoms with E-state index in [9.17, 15) is 14.7 Å². The Morgan fingerprint density at radius 3 is 2.62 bits per heavy atom. The van der Waals surface area contributed by atoms with Crippen LogP contribution >= 0.6 is 0 Å². The van der Waals surface area contributed by atoms with Crippen LogP contribution in [0.1, 0.15) is 68.7 Å². The summed E-state index contributed by atoms with van der Waals surface area (Å²) < 4.78 is 6.26. The number of ketones is 1. The van der Waals surface area contributed by atoms with Crippen LogP contribution in [0.4, 0.5) is 0 Å². The van der Waals surface area contributed by atoms with E-state index < -0.39 is 5.97 Å². The van der Waals surface area contributed by atoms with Gasteiger partial charge in [-0.25, -0.2) is 4.79 Å². The summed E-state index contributed by atoms with van der Waals surface area (Å²) in [5.41, 5.74) is 6.91. The molecule has 1 N–H and O–H groups in total. The van der Waals surface area contributed by atoms with Crippen molar-refractivity contribution in [2.45, 2.75) is 52.6 Å². The van der Waals surface area contributed by atoms with Crippen molar-refractivity contribution in [1.29, 1.82) is 0 Å². The van der Waals surface area contributed by atoms with E-state index in [-0.39, 0.29) is 11.5 Å². The smallest absolute Gasteiger partial charge is 0.337 e. The Balaban J connectivity index is 1.36. The maximum absolute atomic E-state index is 13.2. The van der Waals surface area contributed by atoms with Crippen molar-refractivity contribution in [3.63, 3.8) is 0 Å². The molecule has 0 saturated heterocycles. The van der Waals surface area contributed by atoms with Gasteiger partial charge >= 0.3 is 5.97 Å². The minimum absolute atomic E-state index is 0.137. The molecular weight excluding hydrogens is 426 g/mol. The van der Waals surface area contributed by atoms with Crippen LogP contribution < -0.4 is 4.74 Å². The molecule has 1 saturated carbocycles. The van der Waals surface area contributed by atoms with Crippen molar-refractivity contribution in [3.8, 4) is 16.9 Å². The van der Waals surface area contributed by atoms with E-state index in [4.69, 9.17) is 4.74 Å². The maximum atomic E-state index is 13.2. The summed E-state index contributed by atoms with van der Waals surface area (Å²) in [5, 5.41) is 9.25. The van der Waals surface area contributed by atoms with Crippen molar-refractivity contribution in [2.24, 2.45) is 11.8 Å². The second-order valence-corrected chi connectivity index (χ2v) is 9.63. The van der Waals surface area contributed by atoms with Crippen LogP contribution in [0.2, 0.25) is 0 Å². The first-order valence-electron chi connectivity index (χ1n) is 12.0. The summed E-state index contributed by atoms with van der Waals surface area (Å²) in [6.07, 6.45) is 8.68. The number of Topliss-reactive ketones (excluding diaryl/α,β-unsaturated/α-hetero) is 1. The van der Waals surface area contributed by atoms with Gasteiger partial charge in [0.15, 0.2) is 5.78 Å². The molecule has 0 amide bonds. The second kappa shape index (κ2) is 9.05. The van der Waals surface area contributed by atoms with E-state index in [2.05, 4.69) is 11.1 Å². The molecule has 0 spiro atoms. The topological polar surface area (TPSA) is 76.5 Å². The fraction of sp³-hybridized carbons (Fsp3) is 0.345. The van der Waals surface area contributed by atoms with Crippen molar-refractivity contribution in [1.82, 2.24) is 4.98 Å². The largest absolute Gasteiger partial charge is 0.489 e. The number of hydrogen-bond acceptors (Lipinski definition) is 4. The van der Waals surface area contributed by atoms with Gasteiger partial charge in [0, 0.05) is 29.4 Å². The predicted octanol–water partition coefficient (Wildman–Crippen LogP) is 6.19. The highest BCUT2D eigenvalue weighted by Crippen LogP contribution is 2.43. The molecule has 0 aliphatic heterocycles. The molecule has 5 nitrogen and oxygen atoms in total. The van der Waals surface area contributed by atoms with Gasteiger partial charge in [-0.15, -0.1) is 0 Å². The van der Waals surface area contributed by atoms with Crippen LogP contribution in [0.5, 0.6) is 5.75 Å². The van der Waals surface area contributed by atoms with Crippen LogP contribution in [0.25, 0.3) is 11.1 Å². The lowest BCUT2D eigenvalue weighted by atomic mass is 9.87. The molecular formula is C29H29NO4.